The van der Waals surface area contributed by atoms with Gasteiger partial charge in [-0.05, 0) is 31.5 Å². The van der Waals surface area contributed by atoms with Crippen LogP contribution in [0.3, 0.4) is 0 Å². The minimum Gasteiger partial charge on any atom is -0.305 e. The number of rotatable bonds is 4. The lowest BCUT2D eigenvalue weighted by Gasteiger charge is -2.09. The molecule has 0 aliphatic heterocycles. The van der Waals surface area contributed by atoms with Crippen LogP contribution >= 0.6 is 0 Å². The van der Waals surface area contributed by atoms with Crippen molar-refractivity contribution in [1.29, 1.82) is 0 Å². The number of hydrogen-bond acceptors (Lipinski definition) is 3. The lowest BCUT2D eigenvalue weighted by atomic mass is 10.2. The highest BCUT2D eigenvalue weighted by Gasteiger charge is 2.14. The Balaban J connectivity index is 1.88. The number of imidazole rings is 1. The minimum absolute atomic E-state index is 0.0615. The molecule has 3 rings (SSSR count). The third kappa shape index (κ3) is 3.12. The van der Waals surface area contributed by atoms with Crippen molar-refractivity contribution in [2.24, 2.45) is 0 Å². The van der Waals surface area contributed by atoms with Gasteiger partial charge in [0.2, 0.25) is 10.0 Å². The molecule has 0 spiro atoms. The summed E-state index contributed by atoms with van der Waals surface area (Å²) in [5, 5.41) is 0. The Kier molecular flexibility index (Phi) is 3.62. The summed E-state index contributed by atoms with van der Waals surface area (Å²) < 4.78 is 29.1. The zero-order chi connectivity index (χ0) is 15.7. The molecule has 0 saturated heterocycles. The van der Waals surface area contributed by atoms with E-state index in [2.05, 4.69) is 9.71 Å². The van der Waals surface area contributed by atoms with E-state index in [9.17, 15) is 8.42 Å². The zero-order valence-corrected chi connectivity index (χ0v) is 13.3. The molecular weight excluding hydrogens is 298 g/mol. The number of benzene rings is 1. The number of nitrogens with zero attached hydrogens (tertiary/aromatic N) is 2. The highest BCUT2D eigenvalue weighted by molar-refractivity contribution is 7.91. The lowest BCUT2D eigenvalue weighted by Crippen LogP contribution is -2.15. The van der Waals surface area contributed by atoms with Crippen LogP contribution in [0.25, 0.3) is 5.65 Å². The van der Waals surface area contributed by atoms with Crippen molar-refractivity contribution < 1.29 is 8.42 Å². The van der Waals surface area contributed by atoms with Gasteiger partial charge >= 0.3 is 0 Å². The van der Waals surface area contributed by atoms with Gasteiger partial charge in [-0.25, -0.2) is 13.4 Å². The van der Waals surface area contributed by atoms with E-state index in [-0.39, 0.29) is 5.75 Å². The van der Waals surface area contributed by atoms with E-state index in [0.717, 1.165) is 16.8 Å². The van der Waals surface area contributed by atoms with Crippen LogP contribution in [0.2, 0.25) is 0 Å². The van der Waals surface area contributed by atoms with Gasteiger partial charge in [0.15, 0.2) is 5.65 Å². The maximum absolute atomic E-state index is 12.4. The summed E-state index contributed by atoms with van der Waals surface area (Å²) in [6, 6.07) is 11.0. The van der Waals surface area contributed by atoms with E-state index in [4.69, 9.17) is 0 Å². The molecule has 3 aromatic rings. The third-order valence-corrected chi connectivity index (χ3v) is 4.59. The van der Waals surface area contributed by atoms with Crippen molar-refractivity contribution in [3.05, 3.63) is 65.6 Å². The molecule has 0 aliphatic carbocycles. The van der Waals surface area contributed by atoms with Gasteiger partial charge in [-0.1, -0.05) is 29.8 Å². The molecule has 0 fully saturated rings. The molecule has 0 saturated carbocycles. The molecule has 5 nitrogen and oxygen atoms in total. The Morgan fingerprint density at radius 3 is 2.59 bits per heavy atom. The van der Waals surface area contributed by atoms with Crippen LogP contribution in [0, 0.1) is 13.8 Å². The fourth-order valence-corrected chi connectivity index (χ4v) is 3.52. The van der Waals surface area contributed by atoms with Crippen LogP contribution in [0.4, 0.5) is 5.69 Å². The van der Waals surface area contributed by atoms with Crippen LogP contribution < -0.4 is 4.72 Å². The highest BCUT2D eigenvalue weighted by atomic mass is 32.2. The molecule has 114 valence electrons. The van der Waals surface area contributed by atoms with Crippen molar-refractivity contribution in [3.63, 3.8) is 0 Å². The Bertz CT molecular complexity index is 912. The van der Waals surface area contributed by atoms with Crippen molar-refractivity contribution in [2.75, 3.05) is 4.72 Å². The van der Waals surface area contributed by atoms with E-state index < -0.39 is 10.0 Å². The Morgan fingerprint density at radius 2 is 1.86 bits per heavy atom. The summed E-state index contributed by atoms with van der Waals surface area (Å²) in [4.78, 5) is 4.35. The highest BCUT2D eigenvalue weighted by Crippen LogP contribution is 2.19. The first-order valence-corrected chi connectivity index (χ1v) is 8.58. The van der Waals surface area contributed by atoms with Gasteiger partial charge in [0.1, 0.15) is 0 Å². The van der Waals surface area contributed by atoms with Crippen molar-refractivity contribution >= 4 is 21.4 Å². The van der Waals surface area contributed by atoms with Crippen molar-refractivity contribution in [3.8, 4) is 0 Å². The maximum atomic E-state index is 12.4. The predicted octanol–water partition coefficient (Wildman–Crippen LogP) is 2.89. The first kappa shape index (κ1) is 14.6. The fraction of sp³-hybridized carbons (Fsp3) is 0.188. The molecule has 0 aliphatic rings. The van der Waals surface area contributed by atoms with E-state index in [0.29, 0.717) is 11.3 Å². The number of sulfonamides is 1. The molecule has 1 N–H and O–H groups in total. The average Bonchev–Trinajstić information content (AvgIpc) is 2.82. The van der Waals surface area contributed by atoms with E-state index >= 15 is 0 Å². The molecule has 2 aromatic heterocycles. The molecule has 0 unspecified atom stereocenters. The Morgan fingerprint density at radius 1 is 1.14 bits per heavy atom. The van der Waals surface area contributed by atoms with E-state index in [1.54, 1.807) is 16.5 Å². The first-order chi connectivity index (χ1) is 10.4. The monoisotopic (exact) mass is 315 g/mol. The molecule has 6 heteroatoms. The minimum atomic E-state index is -3.49. The normalized spacial score (nSPS) is 11.7. The number of hydrogen-bond donors (Lipinski definition) is 1. The van der Waals surface area contributed by atoms with Gasteiger partial charge in [-0.2, -0.15) is 0 Å². The number of anilines is 1. The second-order valence-corrected chi connectivity index (χ2v) is 7.10. The van der Waals surface area contributed by atoms with Gasteiger partial charge in [0.25, 0.3) is 0 Å². The summed E-state index contributed by atoms with van der Waals surface area (Å²) >= 11 is 0. The smallest absolute Gasteiger partial charge is 0.237 e. The van der Waals surface area contributed by atoms with Gasteiger partial charge in [0.05, 0.1) is 17.1 Å². The molecule has 22 heavy (non-hydrogen) atoms. The van der Waals surface area contributed by atoms with Crippen molar-refractivity contribution in [1.82, 2.24) is 9.38 Å². The van der Waals surface area contributed by atoms with Crippen LogP contribution in [0.5, 0.6) is 0 Å². The Labute approximate surface area is 129 Å². The number of aryl methyl sites for hydroxylation is 2. The second-order valence-electron chi connectivity index (χ2n) is 5.38. The fourth-order valence-electron chi connectivity index (χ4n) is 2.32. The van der Waals surface area contributed by atoms with Gasteiger partial charge in [-0.15, -0.1) is 0 Å². The van der Waals surface area contributed by atoms with Crippen LogP contribution in [0.1, 0.15) is 16.8 Å². The number of pyridine rings is 1. The molecule has 0 atom stereocenters. The standard InChI is InChI=1S/C16H17N3O2S/c1-12-5-7-14(8-6-12)11-22(20,21)18-15-4-3-9-19-10-13(2)17-16(15)19/h3-10,18H,11H2,1-2H3. The topological polar surface area (TPSA) is 63.5 Å². The maximum Gasteiger partial charge on any atom is 0.237 e. The first-order valence-electron chi connectivity index (χ1n) is 6.93. The number of nitrogens with one attached hydrogen (secondary N) is 1. The lowest BCUT2D eigenvalue weighted by molar-refractivity contribution is 0.600. The molecule has 2 heterocycles. The summed E-state index contributed by atoms with van der Waals surface area (Å²) in [6.45, 7) is 3.84. The predicted molar refractivity (Wildman–Crippen MR) is 87.4 cm³/mol. The third-order valence-electron chi connectivity index (χ3n) is 3.35. The van der Waals surface area contributed by atoms with Crippen molar-refractivity contribution in [2.45, 2.75) is 19.6 Å². The molecular formula is C16H17N3O2S. The molecule has 0 amide bonds. The quantitative estimate of drug-likeness (QED) is 0.805. The van der Waals surface area contributed by atoms with Gasteiger partial charge in [0, 0.05) is 12.4 Å². The summed E-state index contributed by atoms with van der Waals surface area (Å²) in [7, 11) is -3.49. The SMILES string of the molecule is Cc1ccc(CS(=O)(=O)Nc2cccn3cc(C)nc23)cc1. The van der Waals surface area contributed by atoms with E-state index in [1.807, 2.05) is 50.5 Å². The summed E-state index contributed by atoms with van der Waals surface area (Å²) in [5.74, 6) is -0.0615. The largest absolute Gasteiger partial charge is 0.305 e. The molecule has 0 radical (unpaired) electrons. The van der Waals surface area contributed by atoms with Gasteiger partial charge in [-0.3, -0.25) is 4.72 Å². The molecule has 1 aromatic carbocycles. The Hall–Kier alpha value is -2.34. The second kappa shape index (κ2) is 5.46. The number of aromatic nitrogens is 2. The van der Waals surface area contributed by atoms with E-state index in [1.165, 1.54) is 0 Å². The number of fused-ring (bicyclic) bond motifs is 1. The zero-order valence-electron chi connectivity index (χ0n) is 12.4. The summed E-state index contributed by atoms with van der Waals surface area (Å²) in [5.41, 5.74) is 3.79. The van der Waals surface area contributed by atoms with Crippen LogP contribution in [-0.4, -0.2) is 17.8 Å². The van der Waals surface area contributed by atoms with Gasteiger partial charge < -0.3 is 4.40 Å². The van der Waals surface area contributed by atoms with Crippen LogP contribution in [0.15, 0.2) is 48.8 Å². The summed E-state index contributed by atoms with van der Waals surface area (Å²) in [6.07, 6.45) is 3.69. The average molecular weight is 315 g/mol. The van der Waals surface area contributed by atoms with Crippen LogP contribution in [-0.2, 0) is 15.8 Å². The molecule has 0 bridgehead atoms.